The van der Waals surface area contributed by atoms with Gasteiger partial charge in [0, 0.05) is 10.6 Å². The van der Waals surface area contributed by atoms with Crippen molar-refractivity contribution in [1.82, 2.24) is 5.32 Å². The van der Waals surface area contributed by atoms with Crippen LogP contribution in [0.2, 0.25) is 0 Å². The molecular weight excluding hydrogens is 196 g/mol. The van der Waals surface area contributed by atoms with E-state index in [1.54, 1.807) is 0 Å². The highest BCUT2D eigenvalue weighted by molar-refractivity contribution is 8.04. The van der Waals surface area contributed by atoms with Gasteiger partial charge in [-0.05, 0) is 5.92 Å². The van der Waals surface area contributed by atoms with Crippen molar-refractivity contribution in [2.45, 2.75) is 13.8 Å². The van der Waals surface area contributed by atoms with Gasteiger partial charge < -0.3 is 5.32 Å². The molecule has 0 radical (unpaired) electrons. The van der Waals surface area contributed by atoms with Crippen LogP contribution in [0.25, 0.3) is 0 Å². The number of carbonyl (C=O) groups excluding carboxylic acids is 1. The van der Waals surface area contributed by atoms with Crippen LogP contribution in [0.15, 0.2) is 28.8 Å². The Bertz CT molecular complexity index is 318. The fourth-order valence-corrected chi connectivity index (χ4v) is 1.43. The number of hydrogen-bond acceptors (Lipinski definition) is 3. The van der Waals surface area contributed by atoms with E-state index in [1.165, 1.54) is 11.8 Å². The average molecular weight is 210 g/mol. The third kappa shape index (κ3) is 2.73. The number of aliphatic imine (C=N–C) groups is 1. The number of rotatable bonds is 2. The van der Waals surface area contributed by atoms with Crippen LogP contribution in [0.4, 0.5) is 0 Å². The Morgan fingerprint density at radius 1 is 1.64 bits per heavy atom. The third-order valence-electron chi connectivity index (χ3n) is 1.82. The van der Waals surface area contributed by atoms with Gasteiger partial charge in [-0.25, -0.2) is 4.99 Å². The molecule has 0 aromatic carbocycles. The molecule has 1 aliphatic heterocycles. The Hall–Kier alpha value is -1.03. The van der Waals surface area contributed by atoms with Gasteiger partial charge in [0.25, 0.3) is 0 Å². The number of thioether (sulfide) groups is 1. The van der Waals surface area contributed by atoms with Crippen molar-refractivity contribution < 1.29 is 4.79 Å². The molecule has 1 aliphatic rings. The number of hydrogen-bond donors (Lipinski definition) is 1. The minimum atomic E-state index is -0.0299. The second-order valence-corrected chi connectivity index (χ2v) is 4.44. The summed E-state index contributed by atoms with van der Waals surface area (Å²) in [6, 6.07) is 0. The van der Waals surface area contributed by atoms with Crippen LogP contribution in [0.5, 0.6) is 0 Å². The van der Waals surface area contributed by atoms with E-state index in [0.29, 0.717) is 11.6 Å². The molecule has 0 saturated carbocycles. The molecule has 0 atom stereocenters. The molecule has 0 unspecified atom stereocenters. The van der Waals surface area contributed by atoms with Crippen molar-refractivity contribution in [1.29, 1.82) is 0 Å². The lowest BCUT2D eigenvalue weighted by molar-refractivity contribution is -0.117. The molecule has 4 heteroatoms. The number of nitrogens with zero attached hydrogens (tertiary/aromatic N) is 1. The summed E-state index contributed by atoms with van der Waals surface area (Å²) in [5, 5.41) is 2.68. The summed E-state index contributed by atoms with van der Waals surface area (Å²) in [6.07, 6.45) is 0. The third-order valence-corrected chi connectivity index (χ3v) is 2.77. The predicted molar refractivity (Wildman–Crippen MR) is 61.2 cm³/mol. The maximum atomic E-state index is 11.1. The maximum absolute atomic E-state index is 11.1. The summed E-state index contributed by atoms with van der Waals surface area (Å²) in [5.74, 6) is 1.22. The zero-order valence-corrected chi connectivity index (χ0v) is 9.28. The van der Waals surface area contributed by atoms with Gasteiger partial charge in [-0.1, -0.05) is 27.0 Å². The zero-order valence-electron chi connectivity index (χ0n) is 8.46. The second kappa shape index (κ2) is 4.46. The van der Waals surface area contributed by atoms with E-state index in [9.17, 15) is 4.79 Å². The van der Waals surface area contributed by atoms with E-state index in [2.05, 4.69) is 23.5 Å². The number of allylic oxidation sites excluding steroid dienone is 1. The number of amides is 1. The lowest BCUT2D eigenvalue weighted by atomic mass is 10.2. The van der Waals surface area contributed by atoms with Crippen LogP contribution in [-0.4, -0.2) is 17.5 Å². The molecule has 1 heterocycles. The molecule has 1 N–H and O–H groups in total. The van der Waals surface area contributed by atoms with Crippen LogP contribution >= 0.6 is 11.8 Å². The van der Waals surface area contributed by atoms with Crippen molar-refractivity contribution in [3.05, 3.63) is 23.8 Å². The van der Waals surface area contributed by atoms with Crippen molar-refractivity contribution in [2.24, 2.45) is 10.9 Å². The van der Waals surface area contributed by atoms with E-state index in [4.69, 9.17) is 0 Å². The highest BCUT2D eigenvalue weighted by Gasteiger charge is 2.17. The Morgan fingerprint density at radius 2 is 2.29 bits per heavy atom. The van der Waals surface area contributed by atoms with E-state index in [-0.39, 0.29) is 11.8 Å². The summed E-state index contributed by atoms with van der Waals surface area (Å²) in [4.78, 5) is 16.1. The largest absolute Gasteiger partial charge is 0.309 e. The molecule has 76 valence electrons. The van der Waals surface area contributed by atoms with Crippen molar-refractivity contribution in [3.8, 4) is 0 Å². The number of nitrogens with one attached hydrogen (secondary N) is 1. The zero-order chi connectivity index (χ0) is 10.7. The van der Waals surface area contributed by atoms with Crippen molar-refractivity contribution in [3.63, 3.8) is 0 Å². The summed E-state index contributed by atoms with van der Waals surface area (Å²) in [6.45, 7) is 11.7. The van der Waals surface area contributed by atoms with Crippen LogP contribution in [0.1, 0.15) is 13.8 Å². The molecule has 1 fully saturated rings. The van der Waals surface area contributed by atoms with Crippen molar-refractivity contribution in [2.75, 3.05) is 5.75 Å². The Balaban J connectivity index is 2.79. The first-order valence-electron chi connectivity index (χ1n) is 4.40. The average Bonchev–Trinajstić information content (AvgIpc) is 2.11. The lowest BCUT2D eigenvalue weighted by Gasteiger charge is -2.17. The normalized spacial score (nSPS) is 20.1. The van der Waals surface area contributed by atoms with Gasteiger partial charge in [0.05, 0.1) is 5.75 Å². The summed E-state index contributed by atoms with van der Waals surface area (Å²) < 4.78 is 0. The molecule has 0 aromatic heterocycles. The molecule has 0 aliphatic carbocycles. The fourth-order valence-electron chi connectivity index (χ4n) is 0.822. The van der Waals surface area contributed by atoms with Gasteiger partial charge >= 0.3 is 0 Å². The molecule has 0 spiro atoms. The molecule has 3 nitrogen and oxygen atoms in total. The van der Waals surface area contributed by atoms with Crippen LogP contribution in [0, 0.1) is 5.92 Å². The Labute approximate surface area is 88.4 Å². The summed E-state index contributed by atoms with van der Waals surface area (Å²) >= 11 is 1.41. The van der Waals surface area contributed by atoms with Crippen LogP contribution in [-0.2, 0) is 4.79 Å². The van der Waals surface area contributed by atoms with Crippen LogP contribution < -0.4 is 5.32 Å². The number of amidine groups is 1. The molecule has 1 saturated heterocycles. The highest BCUT2D eigenvalue weighted by atomic mass is 32.2. The fraction of sp³-hybridized carbons (Fsp3) is 0.400. The Kier molecular flexibility index (Phi) is 3.52. The molecular formula is C10H14N2OS. The first kappa shape index (κ1) is 11.0. The first-order valence-corrected chi connectivity index (χ1v) is 5.38. The molecule has 0 aromatic rings. The van der Waals surface area contributed by atoms with Gasteiger partial charge in [-0.2, -0.15) is 0 Å². The molecule has 14 heavy (non-hydrogen) atoms. The Morgan fingerprint density at radius 3 is 2.86 bits per heavy atom. The summed E-state index contributed by atoms with van der Waals surface area (Å²) in [5.41, 5.74) is 0.754. The smallest absolute Gasteiger partial charge is 0.235 e. The standard InChI is InChI=1S/C10H14N2OS/c1-6(2)7(3)11-10-8(4)14-5-9(13)12-10/h6H,3-5H2,1-2H3,(H,11,12,13). The summed E-state index contributed by atoms with van der Waals surface area (Å²) in [7, 11) is 0. The minimum absolute atomic E-state index is 0.0299. The predicted octanol–water partition coefficient (Wildman–Crippen LogP) is 1.93. The van der Waals surface area contributed by atoms with E-state index < -0.39 is 0 Å². The topological polar surface area (TPSA) is 41.5 Å². The van der Waals surface area contributed by atoms with Gasteiger partial charge in [0.2, 0.25) is 5.91 Å². The molecule has 1 amide bonds. The van der Waals surface area contributed by atoms with Crippen LogP contribution in [0.3, 0.4) is 0 Å². The van der Waals surface area contributed by atoms with E-state index in [0.717, 1.165) is 10.6 Å². The van der Waals surface area contributed by atoms with E-state index >= 15 is 0 Å². The van der Waals surface area contributed by atoms with E-state index in [1.807, 2.05) is 13.8 Å². The lowest BCUT2D eigenvalue weighted by Crippen LogP contribution is -2.36. The monoisotopic (exact) mass is 210 g/mol. The van der Waals surface area contributed by atoms with Gasteiger partial charge in [-0.15, -0.1) is 11.8 Å². The second-order valence-electron chi connectivity index (χ2n) is 3.37. The molecule has 1 rings (SSSR count). The highest BCUT2D eigenvalue weighted by Crippen LogP contribution is 2.20. The SMILES string of the molecule is C=C1SCC(=O)NC1=NC(=C)C(C)C. The number of carbonyl (C=O) groups is 1. The minimum Gasteiger partial charge on any atom is -0.309 e. The maximum Gasteiger partial charge on any atom is 0.235 e. The van der Waals surface area contributed by atoms with Crippen molar-refractivity contribution >= 4 is 23.5 Å². The first-order chi connectivity index (χ1) is 6.50. The van der Waals surface area contributed by atoms with Gasteiger partial charge in [-0.3, -0.25) is 4.79 Å². The quantitative estimate of drug-likeness (QED) is 0.756. The van der Waals surface area contributed by atoms with Gasteiger partial charge in [0.1, 0.15) is 5.84 Å². The van der Waals surface area contributed by atoms with Gasteiger partial charge in [0.15, 0.2) is 0 Å². The molecule has 0 bridgehead atoms.